The van der Waals surface area contributed by atoms with Crippen molar-refractivity contribution in [3.05, 3.63) is 50.8 Å². The van der Waals surface area contributed by atoms with Crippen molar-refractivity contribution in [1.29, 1.82) is 0 Å². The number of benzene rings is 1. The van der Waals surface area contributed by atoms with E-state index in [4.69, 9.17) is 27.7 Å². The Hall–Kier alpha value is -0.990. The summed E-state index contributed by atoms with van der Waals surface area (Å²) in [5.41, 5.74) is 3.15. The van der Waals surface area contributed by atoms with Crippen LogP contribution in [0.2, 0.25) is 10.0 Å². The first kappa shape index (κ1) is 22.1. The second-order valence-corrected chi connectivity index (χ2v) is 6.45. The summed E-state index contributed by atoms with van der Waals surface area (Å²) in [6.45, 7) is 5.32. The van der Waals surface area contributed by atoms with Gasteiger partial charge >= 0.3 is 0 Å². The molecule has 1 aromatic heterocycles. The van der Waals surface area contributed by atoms with Gasteiger partial charge in [-0.1, -0.05) is 34.4 Å². The quantitative estimate of drug-likeness (QED) is 0.377. The Kier molecular flexibility index (Phi) is 9.02. The number of nitrogens with one attached hydrogen (secondary N) is 1. The SMILES string of the molecule is CN=C(NCCc1c(C)noc1C)N(C)Cc1ccc(Cl)c(Cl)c1.I. The Morgan fingerprint density at radius 3 is 2.56 bits per heavy atom. The monoisotopic (exact) mass is 496 g/mol. The first-order chi connectivity index (χ1) is 11.4. The van der Waals surface area contributed by atoms with E-state index >= 15 is 0 Å². The molecule has 0 fully saturated rings. The van der Waals surface area contributed by atoms with Gasteiger partial charge in [-0.15, -0.1) is 24.0 Å². The van der Waals surface area contributed by atoms with Gasteiger partial charge in [0.15, 0.2) is 5.96 Å². The van der Waals surface area contributed by atoms with E-state index < -0.39 is 0 Å². The molecule has 0 saturated carbocycles. The Morgan fingerprint density at radius 1 is 1.28 bits per heavy atom. The zero-order valence-corrected chi connectivity index (χ0v) is 18.6. The number of aryl methyl sites for hydroxylation is 2. The molecule has 0 saturated heterocycles. The number of nitrogens with zero attached hydrogens (tertiary/aromatic N) is 3. The molecule has 1 N–H and O–H groups in total. The molecule has 0 bridgehead atoms. The topological polar surface area (TPSA) is 53.7 Å². The van der Waals surface area contributed by atoms with E-state index in [0.29, 0.717) is 16.6 Å². The maximum absolute atomic E-state index is 6.07. The highest BCUT2D eigenvalue weighted by molar-refractivity contribution is 14.0. The number of hydrogen-bond donors (Lipinski definition) is 1. The predicted molar refractivity (Wildman–Crippen MR) is 114 cm³/mol. The summed E-state index contributed by atoms with van der Waals surface area (Å²) >= 11 is 12.0. The second-order valence-electron chi connectivity index (χ2n) is 5.63. The molecule has 138 valence electrons. The molecule has 0 atom stereocenters. The lowest BCUT2D eigenvalue weighted by Crippen LogP contribution is -2.39. The van der Waals surface area contributed by atoms with E-state index in [9.17, 15) is 0 Å². The van der Waals surface area contributed by atoms with Crippen molar-refractivity contribution in [2.45, 2.75) is 26.8 Å². The molecular formula is C17H23Cl2IN4O. The molecule has 2 aromatic rings. The highest BCUT2D eigenvalue weighted by atomic mass is 127. The fourth-order valence-electron chi connectivity index (χ4n) is 2.53. The standard InChI is InChI=1S/C17H22Cl2N4O.HI/c1-11-14(12(2)24-22-11)7-8-21-17(20-3)23(4)10-13-5-6-15(18)16(19)9-13;/h5-6,9H,7-8,10H2,1-4H3,(H,20,21);1H. The van der Waals surface area contributed by atoms with E-state index in [1.54, 1.807) is 13.1 Å². The van der Waals surface area contributed by atoms with Gasteiger partial charge in [0.1, 0.15) is 5.76 Å². The van der Waals surface area contributed by atoms with Crippen LogP contribution in [0.3, 0.4) is 0 Å². The van der Waals surface area contributed by atoms with Gasteiger partial charge in [0.2, 0.25) is 0 Å². The van der Waals surface area contributed by atoms with Gasteiger partial charge in [-0.2, -0.15) is 0 Å². The molecular weight excluding hydrogens is 474 g/mol. The Balaban J connectivity index is 0.00000312. The molecule has 0 amide bonds. The van der Waals surface area contributed by atoms with Crippen molar-refractivity contribution in [1.82, 2.24) is 15.4 Å². The number of halogens is 3. The van der Waals surface area contributed by atoms with Gasteiger partial charge in [-0.3, -0.25) is 4.99 Å². The molecule has 1 aromatic carbocycles. The molecule has 5 nitrogen and oxygen atoms in total. The normalized spacial score (nSPS) is 11.2. The first-order valence-electron chi connectivity index (χ1n) is 7.69. The summed E-state index contributed by atoms with van der Waals surface area (Å²) in [5.74, 6) is 1.68. The average Bonchev–Trinajstić information content (AvgIpc) is 2.86. The Labute approximate surface area is 175 Å². The van der Waals surface area contributed by atoms with Crippen molar-refractivity contribution < 1.29 is 4.52 Å². The third-order valence-electron chi connectivity index (χ3n) is 3.82. The Bertz CT molecular complexity index is 714. The van der Waals surface area contributed by atoms with Gasteiger partial charge in [0.05, 0.1) is 15.7 Å². The van der Waals surface area contributed by atoms with Crippen LogP contribution in [-0.2, 0) is 13.0 Å². The fourth-order valence-corrected chi connectivity index (χ4v) is 2.85. The number of aromatic nitrogens is 1. The van der Waals surface area contributed by atoms with Crippen molar-refractivity contribution in [2.75, 3.05) is 20.6 Å². The molecule has 2 rings (SSSR count). The maximum atomic E-state index is 6.07. The van der Waals surface area contributed by atoms with Crippen LogP contribution >= 0.6 is 47.2 Å². The number of guanidine groups is 1. The summed E-state index contributed by atoms with van der Waals surface area (Å²) in [5, 5.41) is 8.45. The molecule has 8 heteroatoms. The minimum Gasteiger partial charge on any atom is -0.361 e. The van der Waals surface area contributed by atoms with E-state index in [1.807, 2.05) is 37.9 Å². The number of aliphatic imine (C=N–C) groups is 1. The van der Waals surface area contributed by atoms with Crippen LogP contribution in [0.4, 0.5) is 0 Å². The molecule has 0 aliphatic heterocycles. The lowest BCUT2D eigenvalue weighted by atomic mass is 10.1. The van der Waals surface area contributed by atoms with Crippen LogP contribution in [0, 0.1) is 13.8 Å². The molecule has 1 heterocycles. The highest BCUT2D eigenvalue weighted by Gasteiger charge is 2.11. The number of hydrogen-bond acceptors (Lipinski definition) is 3. The van der Waals surface area contributed by atoms with E-state index in [-0.39, 0.29) is 24.0 Å². The summed E-state index contributed by atoms with van der Waals surface area (Å²) in [6.07, 6.45) is 0.834. The van der Waals surface area contributed by atoms with E-state index in [1.165, 1.54) is 0 Å². The average molecular weight is 497 g/mol. The largest absolute Gasteiger partial charge is 0.361 e. The summed E-state index contributed by atoms with van der Waals surface area (Å²) in [6, 6.07) is 5.64. The van der Waals surface area contributed by atoms with Gasteiger partial charge in [-0.05, 0) is 38.0 Å². The van der Waals surface area contributed by atoms with Crippen LogP contribution in [0.15, 0.2) is 27.7 Å². The van der Waals surface area contributed by atoms with Crippen LogP contribution in [0.5, 0.6) is 0 Å². The van der Waals surface area contributed by atoms with Crippen LogP contribution in [-0.4, -0.2) is 36.7 Å². The van der Waals surface area contributed by atoms with Crippen molar-refractivity contribution >= 4 is 53.1 Å². The van der Waals surface area contributed by atoms with Crippen LogP contribution in [0.25, 0.3) is 0 Å². The summed E-state index contributed by atoms with van der Waals surface area (Å²) < 4.78 is 5.18. The van der Waals surface area contributed by atoms with Gasteiger partial charge < -0.3 is 14.7 Å². The molecule has 0 aliphatic carbocycles. The molecule has 0 unspecified atom stereocenters. The summed E-state index contributed by atoms with van der Waals surface area (Å²) in [4.78, 5) is 6.36. The van der Waals surface area contributed by atoms with Gasteiger partial charge in [0.25, 0.3) is 0 Å². The van der Waals surface area contributed by atoms with Gasteiger partial charge in [0, 0.05) is 32.7 Å². The predicted octanol–water partition coefficient (Wildman–Crippen LogP) is 4.47. The summed E-state index contributed by atoms with van der Waals surface area (Å²) in [7, 11) is 3.75. The van der Waals surface area contributed by atoms with E-state index in [0.717, 1.165) is 41.5 Å². The minimum atomic E-state index is 0. The zero-order chi connectivity index (χ0) is 17.7. The maximum Gasteiger partial charge on any atom is 0.193 e. The lowest BCUT2D eigenvalue weighted by molar-refractivity contribution is 0.392. The number of rotatable bonds is 5. The minimum absolute atomic E-state index is 0. The van der Waals surface area contributed by atoms with Crippen molar-refractivity contribution in [2.24, 2.45) is 4.99 Å². The molecule has 0 aliphatic rings. The zero-order valence-electron chi connectivity index (χ0n) is 14.8. The molecule has 0 spiro atoms. The van der Waals surface area contributed by atoms with E-state index in [2.05, 4.69) is 15.5 Å². The smallest absolute Gasteiger partial charge is 0.193 e. The fraction of sp³-hybridized carbons (Fsp3) is 0.412. The highest BCUT2D eigenvalue weighted by Crippen LogP contribution is 2.23. The molecule has 25 heavy (non-hydrogen) atoms. The lowest BCUT2D eigenvalue weighted by Gasteiger charge is -2.22. The van der Waals surface area contributed by atoms with Crippen molar-refractivity contribution in [3.63, 3.8) is 0 Å². The van der Waals surface area contributed by atoms with Crippen LogP contribution in [0.1, 0.15) is 22.6 Å². The van der Waals surface area contributed by atoms with Gasteiger partial charge in [-0.25, -0.2) is 0 Å². The van der Waals surface area contributed by atoms with Crippen LogP contribution < -0.4 is 5.32 Å². The second kappa shape index (κ2) is 10.2. The van der Waals surface area contributed by atoms with Crippen molar-refractivity contribution in [3.8, 4) is 0 Å². The Morgan fingerprint density at radius 2 is 2.00 bits per heavy atom. The molecule has 0 radical (unpaired) electrons. The third kappa shape index (κ3) is 6.04. The first-order valence-corrected chi connectivity index (χ1v) is 8.45. The third-order valence-corrected chi connectivity index (χ3v) is 4.56.